The summed E-state index contributed by atoms with van der Waals surface area (Å²) in [6, 6.07) is 8.09. The lowest BCUT2D eigenvalue weighted by Gasteiger charge is -2.26. The molecular weight excluding hydrogens is 432 g/mol. The van der Waals surface area contributed by atoms with Crippen molar-refractivity contribution in [3.63, 3.8) is 0 Å². The maximum atomic E-state index is 12.7. The van der Waals surface area contributed by atoms with Crippen molar-refractivity contribution in [1.82, 2.24) is 15.0 Å². The highest BCUT2D eigenvalue weighted by Gasteiger charge is 2.28. The molecule has 0 radical (unpaired) electrons. The van der Waals surface area contributed by atoms with Gasteiger partial charge in [-0.3, -0.25) is 9.69 Å². The molecule has 1 amide bonds. The van der Waals surface area contributed by atoms with Crippen LogP contribution >= 0.6 is 0 Å². The van der Waals surface area contributed by atoms with Gasteiger partial charge in [-0.05, 0) is 31.9 Å². The van der Waals surface area contributed by atoms with Crippen LogP contribution in [0.5, 0.6) is 0 Å². The average Bonchev–Trinajstić information content (AvgIpc) is 3.16. The topological polar surface area (TPSA) is 113 Å². The van der Waals surface area contributed by atoms with Crippen LogP contribution in [0.2, 0.25) is 0 Å². The Labute approximate surface area is 187 Å². The largest absolute Gasteiger partial charge is 0.455 e. The second kappa shape index (κ2) is 9.85. The molecule has 0 saturated carbocycles. The molecule has 0 atom stereocenters. The lowest BCUT2D eigenvalue weighted by Crippen LogP contribution is -2.41. The number of aryl methyl sites for hydroxylation is 1. The summed E-state index contributed by atoms with van der Waals surface area (Å²) >= 11 is 0. The molecular formula is C22H28N4O5S. The monoisotopic (exact) mass is 460 g/mol. The van der Waals surface area contributed by atoms with Crippen LogP contribution < -0.4 is 10.1 Å². The molecule has 2 N–H and O–H groups in total. The van der Waals surface area contributed by atoms with Crippen molar-refractivity contribution < 1.29 is 22.4 Å². The van der Waals surface area contributed by atoms with Crippen molar-refractivity contribution in [1.29, 1.82) is 0 Å². The standard InChI is InChI=1S/C22H28N4O5S/c1-16-20-18(24-25-32(28,29)17-6-3-2-4-7-17)8-5-9-19(20)31-21(16)22(27)23-10-11-26-12-14-30-15-13-26/h2-4,6-7,25H,5,8-15H2,1H3,(H,23,27)/b24-18+. The predicted octanol–water partition coefficient (Wildman–Crippen LogP) is 1.67. The Bertz CT molecular complexity index is 1090. The number of fused-ring (bicyclic) bond motifs is 1. The van der Waals surface area contributed by atoms with E-state index in [4.69, 9.17) is 9.15 Å². The minimum Gasteiger partial charge on any atom is -0.455 e. The molecule has 2 heterocycles. The number of carbonyl (C=O) groups is 1. The average molecular weight is 461 g/mol. The first-order valence-electron chi connectivity index (χ1n) is 10.8. The van der Waals surface area contributed by atoms with E-state index in [-0.39, 0.29) is 16.6 Å². The van der Waals surface area contributed by atoms with Crippen molar-refractivity contribution in [2.45, 2.75) is 31.1 Å². The summed E-state index contributed by atoms with van der Waals surface area (Å²) in [5, 5.41) is 7.12. The highest BCUT2D eigenvalue weighted by molar-refractivity contribution is 7.89. The van der Waals surface area contributed by atoms with Gasteiger partial charge in [-0.1, -0.05) is 18.2 Å². The lowest BCUT2D eigenvalue weighted by atomic mass is 9.93. The summed E-state index contributed by atoms with van der Waals surface area (Å²) in [5.74, 6) is 0.664. The van der Waals surface area contributed by atoms with E-state index in [0.717, 1.165) is 31.6 Å². The maximum Gasteiger partial charge on any atom is 0.287 e. The molecule has 4 rings (SSSR count). The second-order valence-corrected chi connectivity index (χ2v) is 9.54. The fourth-order valence-corrected chi connectivity index (χ4v) is 4.85. The van der Waals surface area contributed by atoms with Gasteiger partial charge in [-0.25, -0.2) is 0 Å². The number of furan rings is 1. The van der Waals surface area contributed by atoms with Crippen molar-refractivity contribution in [3.05, 3.63) is 53.0 Å². The molecule has 1 aromatic heterocycles. The molecule has 1 aliphatic heterocycles. The Kier molecular flexibility index (Phi) is 6.92. The normalized spacial score (nSPS) is 18.3. The molecule has 172 valence electrons. The van der Waals surface area contributed by atoms with Gasteiger partial charge >= 0.3 is 0 Å². The van der Waals surface area contributed by atoms with E-state index in [1.165, 1.54) is 12.1 Å². The zero-order chi connectivity index (χ0) is 22.6. The Morgan fingerprint density at radius 2 is 1.91 bits per heavy atom. The number of rotatable bonds is 7. The molecule has 0 spiro atoms. The van der Waals surface area contributed by atoms with Crippen LogP contribution in [0.25, 0.3) is 0 Å². The number of amides is 1. The Morgan fingerprint density at radius 3 is 2.66 bits per heavy atom. The van der Waals surface area contributed by atoms with E-state index < -0.39 is 10.0 Å². The van der Waals surface area contributed by atoms with Gasteiger partial charge in [0.05, 0.1) is 23.8 Å². The fraction of sp³-hybridized carbons (Fsp3) is 0.455. The zero-order valence-electron chi connectivity index (χ0n) is 18.1. The minimum absolute atomic E-state index is 0.143. The predicted molar refractivity (Wildman–Crippen MR) is 119 cm³/mol. The number of carbonyl (C=O) groups excluding carboxylic acids is 1. The van der Waals surface area contributed by atoms with Gasteiger partial charge in [0.1, 0.15) is 5.76 Å². The van der Waals surface area contributed by atoms with Crippen molar-refractivity contribution in [3.8, 4) is 0 Å². The quantitative estimate of drug-likeness (QED) is 0.608. The van der Waals surface area contributed by atoms with Crippen LogP contribution in [0.3, 0.4) is 0 Å². The number of hydrogen-bond donors (Lipinski definition) is 2. The van der Waals surface area contributed by atoms with Gasteiger partial charge in [0.25, 0.3) is 15.9 Å². The van der Waals surface area contributed by atoms with Crippen LogP contribution in [0.4, 0.5) is 0 Å². The van der Waals surface area contributed by atoms with Gasteiger partial charge < -0.3 is 14.5 Å². The first-order valence-corrected chi connectivity index (χ1v) is 12.3. The molecule has 1 aromatic carbocycles. The molecule has 32 heavy (non-hydrogen) atoms. The van der Waals surface area contributed by atoms with Gasteiger partial charge in [-0.15, -0.1) is 0 Å². The molecule has 1 fully saturated rings. The van der Waals surface area contributed by atoms with Crippen LogP contribution in [0.15, 0.2) is 44.7 Å². The first kappa shape index (κ1) is 22.5. The smallest absolute Gasteiger partial charge is 0.287 e. The fourth-order valence-electron chi connectivity index (χ4n) is 4.00. The summed E-state index contributed by atoms with van der Waals surface area (Å²) in [7, 11) is -3.77. The van der Waals surface area contributed by atoms with Gasteiger partial charge in [-0.2, -0.15) is 18.4 Å². The van der Waals surface area contributed by atoms with Crippen LogP contribution in [0, 0.1) is 6.92 Å². The number of hydrogen-bond acceptors (Lipinski definition) is 7. The van der Waals surface area contributed by atoms with E-state index in [9.17, 15) is 13.2 Å². The molecule has 10 heteroatoms. The number of nitrogens with one attached hydrogen (secondary N) is 2. The third-order valence-corrected chi connectivity index (χ3v) is 6.93. The van der Waals surface area contributed by atoms with E-state index in [1.54, 1.807) is 18.2 Å². The summed E-state index contributed by atoms with van der Waals surface area (Å²) in [5.41, 5.74) is 1.99. The maximum absolute atomic E-state index is 12.7. The van der Waals surface area contributed by atoms with Crippen molar-refractivity contribution >= 4 is 21.6 Å². The van der Waals surface area contributed by atoms with Gasteiger partial charge in [0, 0.05) is 43.7 Å². The highest BCUT2D eigenvalue weighted by Crippen LogP contribution is 2.30. The number of ether oxygens (including phenoxy) is 1. The number of sulfonamides is 1. The van der Waals surface area contributed by atoms with E-state index in [1.807, 2.05) is 6.92 Å². The molecule has 0 unspecified atom stereocenters. The highest BCUT2D eigenvalue weighted by atomic mass is 32.2. The first-order chi connectivity index (χ1) is 15.5. The SMILES string of the molecule is Cc1c(C(=O)NCCN2CCOCC2)oc2c1/C(=N/NS(=O)(=O)c1ccccc1)CCC2. The Balaban J connectivity index is 1.46. The summed E-state index contributed by atoms with van der Waals surface area (Å²) in [6.45, 7) is 6.24. The lowest BCUT2D eigenvalue weighted by molar-refractivity contribution is 0.0382. The van der Waals surface area contributed by atoms with E-state index >= 15 is 0 Å². The third kappa shape index (κ3) is 5.03. The van der Waals surface area contributed by atoms with Crippen molar-refractivity contribution in [2.24, 2.45) is 5.10 Å². The molecule has 2 aromatic rings. The molecule has 2 aliphatic rings. The van der Waals surface area contributed by atoms with Crippen molar-refractivity contribution in [2.75, 3.05) is 39.4 Å². The van der Waals surface area contributed by atoms with Crippen LogP contribution in [-0.2, 0) is 21.2 Å². The molecule has 1 saturated heterocycles. The minimum atomic E-state index is -3.77. The summed E-state index contributed by atoms with van der Waals surface area (Å²) in [4.78, 5) is 17.4. The van der Waals surface area contributed by atoms with Gasteiger partial charge in [0.15, 0.2) is 5.76 Å². The Hall–Kier alpha value is -2.69. The number of hydrazone groups is 1. The van der Waals surface area contributed by atoms with Crippen LogP contribution in [-0.4, -0.2) is 64.3 Å². The van der Waals surface area contributed by atoms with Gasteiger partial charge in [0.2, 0.25) is 0 Å². The molecule has 9 nitrogen and oxygen atoms in total. The van der Waals surface area contributed by atoms with Crippen LogP contribution in [0.1, 0.15) is 40.3 Å². The third-order valence-electron chi connectivity index (χ3n) is 5.70. The molecule has 0 bridgehead atoms. The molecule has 1 aliphatic carbocycles. The van der Waals surface area contributed by atoms with E-state index in [0.29, 0.717) is 49.6 Å². The number of nitrogens with zero attached hydrogens (tertiary/aromatic N) is 2. The summed E-state index contributed by atoms with van der Waals surface area (Å²) in [6.07, 6.45) is 2.05. The Morgan fingerprint density at radius 1 is 1.16 bits per heavy atom. The second-order valence-electron chi connectivity index (χ2n) is 7.88. The number of benzene rings is 1. The zero-order valence-corrected chi connectivity index (χ0v) is 18.9. The summed E-state index contributed by atoms with van der Waals surface area (Å²) < 4.78 is 36.3. The number of morpholine rings is 1. The van der Waals surface area contributed by atoms with E-state index in [2.05, 4.69) is 20.1 Å².